The Hall–Kier alpha value is -0.960. The van der Waals surface area contributed by atoms with Crippen molar-refractivity contribution < 1.29 is 8.78 Å². The molecule has 2 aliphatic rings. The maximum Gasteiger partial charge on any atom is 0.159 e. The molecule has 16 heavy (non-hydrogen) atoms. The first kappa shape index (κ1) is 10.2. The van der Waals surface area contributed by atoms with Crippen LogP contribution < -0.4 is 5.32 Å². The van der Waals surface area contributed by atoms with Crippen molar-refractivity contribution in [2.24, 2.45) is 5.92 Å². The van der Waals surface area contributed by atoms with Crippen molar-refractivity contribution in [2.45, 2.75) is 38.3 Å². The van der Waals surface area contributed by atoms with Crippen LogP contribution in [0.15, 0.2) is 12.1 Å². The van der Waals surface area contributed by atoms with Crippen molar-refractivity contribution in [1.82, 2.24) is 5.32 Å². The molecular weight excluding hydrogens is 208 g/mol. The quantitative estimate of drug-likeness (QED) is 0.772. The number of fused-ring (bicyclic) bond motifs is 1. The summed E-state index contributed by atoms with van der Waals surface area (Å²) >= 11 is 0. The van der Waals surface area contributed by atoms with Gasteiger partial charge in [0.25, 0.3) is 0 Å². The van der Waals surface area contributed by atoms with Gasteiger partial charge in [-0.15, -0.1) is 0 Å². The molecular formula is C13H15F2N. The van der Waals surface area contributed by atoms with Crippen LogP contribution in [0, 0.1) is 17.6 Å². The van der Waals surface area contributed by atoms with Gasteiger partial charge in [-0.2, -0.15) is 0 Å². The Kier molecular flexibility index (Phi) is 2.43. The molecule has 1 nitrogen and oxygen atoms in total. The molecule has 1 aromatic rings. The van der Waals surface area contributed by atoms with Crippen molar-refractivity contribution in [2.75, 3.05) is 0 Å². The van der Waals surface area contributed by atoms with Gasteiger partial charge in [0.05, 0.1) is 0 Å². The van der Waals surface area contributed by atoms with Gasteiger partial charge in [0.15, 0.2) is 11.6 Å². The highest BCUT2D eigenvalue weighted by molar-refractivity contribution is 5.30. The van der Waals surface area contributed by atoms with Gasteiger partial charge in [0.2, 0.25) is 0 Å². The maximum absolute atomic E-state index is 13.1. The molecule has 1 fully saturated rings. The fraction of sp³-hybridized carbons (Fsp3) is 0.538. The predicted octanol–water partition coefficient (Wildman–Crippen LogP) is 2.78. The molecule has 1 N–H and O–H groups in total. The zero-order valence-electron chi connectivity index (χ0n) is 9.10. The molecule has 3 heteroatoms. The molecule has 1 unspecified atom stereocenters. The molecule has 1 atom stereocenters. The van der Waals surface area contributed by atoms with Crippen LogP contribution in [-0.4, -0.2) is 6.04 Å². The average molecular weight is 223 g/mol. The third-order valence-corrected chi connectivity index (χ3v) is 3.71. The Labute approximate surface area is 93.9 Å². The molecule has 0 amide bonds. The largest absolute Gasteiger partial charge is 0.310 e. The lowest BCUT2D eigenvalue weighted by molar-refractivity contribution is 0.447. The Balaban J connectivity index is 1.85. The van der Waals surface area contributed by atoms with Crippen LogP contribution in [0.4, 0.5) is 8.78 Å². The number of nitrogens with one attached hydrogen (secondary N) is 1. The normalized spacial score (nSPS) is 25.0. The summed E-state index contributed by atoms with van der Waals surface area (Å²) in [7, 11) is 0. The van der Waals surface area contributed by atoms with Crippen LogP contribution >= 0.6 is 0 Å². The van der Waals surface area contributed by atoms with E-state index in [9.17, 15) is 8.78 Å². The van der Waals surface area contributed by atoms with E-state index in [1.54, 1.807) is 0 Å². The first-order valence-electron chi connectivity index (χ1n) is 5.94. The summed E-state index contributed by atoms with van der Waals surface area (Å²) in [4.78, 5) is 0. The molecule has 0 bridgehead atoms. The first-order chi connectivity index (χ1) is 7.74. The number of rotatable bonds is 1. The van der Waals surface area contributed by atoms with Crippen molar-refractivity contribution in [3.63, 3.8) is 0 Å². The monoisotopic (exact) mass is 223 g/mol. The van der Waals surface area contributed by atoms with Crippen LogP contribution in [-0.2, 0) is 13.0 Å². The predicted molar refractivity (Wildman–Crippen MR) is 58.0 cm³/mol. The summed E-state index contributed by atoms with van der Waals surface area (Å²) in [5, 5.41) is 3.46. The van der Waals surface area contributed by atoms with E-state index in [1.165, 1.54) is 25.0 Å². The third kappa shape index (κ3) is 1.84. The first-order valence-corrected chi connectivity index (χ1v) is 5.94. The summed E-state index contributed by atoms with van der Waals surface area (Å²) in [5.74, 6) is -0.655. The Bertz CT molecular complexity index is 380. The maximum atomic E-state index is 13.1. The second kappa shape index (κ2) is 3.81. The van der Waals surface area contributed by atoms with Gasteiger partial charge in [0.1, 0.15) is 0 Å². The fourth-order valence-electron chi connectivity index (χ4n) is 2.58. The van der Waals surface area contributed by atoms with E-state index in [4.69, 9.17) is 0 Å². The highest BCUT2D eigenvalue weighted by atomic mass is 19.2. The van der Waals surface area contributed by atoms with Crippen LogP contribution in [0.3, 0.4) is 0 Å². The minimum Gasteiger partial charge on any atom is -0.310 e. The fourth-order valence-corrected chi connectivity index (χ4v) is 2.58. The molecule has 3 rings (SSSR count). The summed E-state index contributed by atoms with van der Waals surface area (Å²) in [5.41, 5.74) is 1.89. The van der Waals surface area contributed by atoms with Crippen LogP contribution in [0.25, 0.3) is 0 Å². The van der Waals surface area contributed by atoms with E-state index in [1.807, 2.05) is 0 Å². The standard InChI is InChI=1S/C13H15F2N/c14-11-5-9-3-4-13(8-1-2-8)16-7-10(9)6-12(11)15/h5-6,8,13,16H,1-4,7H2. The highest BCUT2D eigenvalue weighted by Gasteiger charge is 2.32. The smallest absolute Gasteiger partial charge is 0.159 e. The topological polar surface area (TPSA) is 12.0 Å². The van der Waals surface area contributed by atoms with Crippen molar-refractivity contribution in [3.05, 3.63) is 34.9 Å². The van der Waals surface area contributed by atoms with Crippen molar-refractivity contribution in [3.8, 4) is 0 Å². The lowest BCUT2D eigenvalue weighted by Crippen LogP contribution is -2.29. The van der Waals surface area contributed by atoms with Gasteiger partial charge >= 0.3 is 0 Å². The lowest BCUT2D eigenvalue weighted by Gasteiger charge is -2.13. The van der Waals surface area contributed by atoms with Crippen LogP contribution in [0.5, 0.6) is 0 Å². The Morgan fingerprint density at radius 2 is 1.69 bits per heavy atom. The minimum absolute atomic E-state index is 0.540. The van der Waals surface area contributed by atoms with Crippen molar-refractivity contribution >= 4 is 0 Å². The number of hydrogen-bond donors (Lipinski definition) is 1. The zero-order valence-corrected chi connectivity index (χ0v) is 9.10. The molecule has 1 heterocycles. The van der Waals surface area contributed by atoms with E-state index < -0.39 is 11.6 Å². The molecule has 0 saturated heterocycles. The van der Waals surface area contributed by atoms with E-state index in [2.05, 4.69) is 5.32 Å². The van der Waals surface area contributed by atoms with E-state index in [0.29, 0.717) is 12.6 Å². The Morgan fingerprint density at radius 1 is 1.00 bits per heavy atom. The number of benzene rings is 1. The SMILES string of the molecule is Fc1cc2c(cc1F)CNC(C1CC1)CC2. The second-order valence-corrected chi connectivity index (χ2v) is 4.90. The van der Waals surface area contributed by atoms with Gasteiger partial charge in [-0.1, -0.05) is 0 Å². The number of hydrogen-bond acceptors (Lipinski definition) is 1. The van der Waals surface area contributed by atoms with Gasteiger partial charge in [-0.3, -0.25) is 0 Å². The van der Waals surface area contributed by atoms with E-state index in [0.717, 1.165) is 29.9 Å². The molecule has 0 aromatic heterocycles. The molecule has 1 aliphatic carbocycles. The number of halogens is 2. The average Bonchev–Trinajstić information content (AvgIpc) is 3.05. The van der Waals surface area contributed by atoms with Gasteiger partial charge in [-0.25, -0.2) is 8.78 Å². The molecule has 1 aliphatic heterocycles. The number of aryl methyl sites for hydroxylation is 1. The summed E-state index contributed by atoms with van der Waals surface area (Å²) in [6.45, 7) is 0.674. The van der Waals surface area contributed by atoms with Crippen molar-refractivity contribution in [1.29, 1.82) is 0 Å². The highest BCUT2D eigenvalue weighted by Crippen LogP contribution is 2.36. The van der Waals surface area contributed by atoms with Crippen LogP contribution in [0.2, 0.25) is 0 Å². The molecule has 0 spiro atoms. The molecule has 1 saturated carbocycles. The summed E-state index contributed by atoms with van der Waals surface area (Å²) < 4.78 is 26.2. The Morgan fingerprint density at radius 3 is 2.38 bits per heavy atom. The molecule has 0 radical (unpaired) electrons. The van der Waals surface area contributed by atoms with E-state index in [-0.39, 0.29) is 0 Å². The van der Waals surface area contributed by atoms with Gasteiger partial charge in [-0.05, 0) is 54.9 Å². The van der Waals surface area contributed by atoms with E-state index >= 15 is 0 Å². The summed E-state index contributed by atoms with van der Waals surface area (Å²) in [6.07, 6.45) is 4.51. The summed E-state index contributed by atoms with van der Waals surface area (Å²) in [6, 6.07) is 3.24. The minimum atomic E-state index is -0.731. The second-order valence-electron chi connectivity index (χ2n) is 4.90. The van der Waals surface area contributed by atoms with Crippen LogP contribution in [0.1, 0.15) is 30.4 Å². The molecule has 86 valence electrons. The molecule has 1 aromatic carbocycles. The lowest BCUT2D eigenvalue weighted by atomic mass is 10.0. The van der Waals surface area contributed by atoms with Gasteiger partial charge in [0, 0.05) is 12.6 Å². The zero-order chi connectivity index (χ0) is 11.1. The van der Waals surface area contributed by atoms with Gasteiger partial charge < -0.3 is 5.32 Å². The third-order valence-electron chi connectivity index (χ3n) is 3.71.